The third-order valence-electron chi connectivity index (χ3n) is 3.85. The number of aromatic nitrogens is 1. The molecule has 140 valence electrons. The van der Waals surface area contributed by atoms with E-state index in [0.717, 1.165) is 16.2 Å². The third-order valence-corrected chi connectivity index (χ3v) is 5.79. The van der Waals surface area contributed by atoms with Gasteiger partial charge in [-0.05, 0) is 24.3 Å². The Balaban J connectivity index is 1.63. The molecule has 1 unspecified atom stereocenters. The normalized spacial score (nSPS) is 11.4. The van der Waals surface area contributed by atoms with Gasteiger partial charge in [0, 0.05) is 28.5 Å². The molecular weight excluding hydrogens is 390 g/mol. The summed E-state index contributed by atoms with van der Waals surface area (Å²) in [7, 11) is 0. The van der Waals surface area contributed by atoms with Gasteiger partial charge in [0.25, 0.3) is 0 Å². The van der Waals surface area contributed by atoms with Crippen molar-refractivity contribution < 1.29 is 9.59 Å². The largest absolute Gasteiger partial charge is 0.326 e. The van der Waals surface area contributed by atoms with Crippen LogP contribution in [0, 0.1) is 11.3 Å². The van der Waals surface area contributed by atoms with Crippen molar-refractivity contribution in [1.29, 1.82) is 5.26 Å². The van der Waals surface area contributed by atoms with Gasteiger partial charge in [0.1, 0.15) is 5.01 Å². The number of thioether (sulfide) groups is 1. The van der Waals surface area contributed by atoms with Gasteiger partial charge < -0.3 is 5.32 Å². The number of anilines is 1. The number of amides is 1. The zero-order valence-corrected chi connectivity index (χ0v) is 16.7. The van der Waals surface area contributed by atoms with Gasteiger partial charge in [-0.1, -0.05) is 30.3 Å². The molecule has 1 aromatic heterocycles. The first kappa shape index (κ1) is 19.8. The van der Waals surface area contributed by atoms with E-state index in [9.17, 15) is 14.9 Å². The molecule has 7 heteroatoms. The number of thiazole rings is 1. The molecule has 1 atom stereocenters. The second-order valence-electron chi connectivity index (χ2n) is 5.96. The van der Waals surface area contributed by atoms with Crippen molar-refractivity contribution in [3.05, 3.63) is 65.0 Å². The summed E-state index contributed by atoms with van der Waals surface area (Å²) in [6.07, 6.45) is 0. The molecule has 0 aliphatic heterocycles. The van der Waals surface area contributed by atoms with E-state index in [4.69, 9.17) is 0 Å². The molecule has 0 saturated carbocycles. The van der Waals surface area contributed by atoms with Crippen molar-refractivity contribution in [3.63, 3.8) is 0 Å². The van der Waals surface area contributed by atoms with E-state index in [1.807, 2.05) is 47.8 Å². The molecule has 5 nitrogen and oxygen atoms in total. The lowest BCUT2D eigenvalue weighted by Crippen LogP contribution is -2.13. The summed E-state index contributed by atoms with van der Waals surface area (Å²) in [5.41, 5.74) is 2.44. The number of nitriles is 1. The summed E-state index contributed by atoms with van der Waals surface area (Å²) >= 11 is 2.69. The zero-order valence-electron chi connectivity index (χ0n) is 15.1. The molecule has 1 amide bonds. The van der Waals surface area contributed by atoms with Gasteiger partial charge in [0.15, 0.2) is 11.7 Å². The van der Waals surface area contributed by atoms with Crippen LogP contribution in [0.1, 0.15) is 17.8 Å². The molecule has 0 fully saturated rings. The Morgan fingerprint density at radius 1 is 1.18 bits per heavy atom. The van der Waals surface area contributed by atoms with Crippen LogP contribution in [0.15, 0.2) is 64.9 Å². The molecule has 3 rings (SSSR count). The Morgan fingerprint density at radius 3 is 2.54 bits per heavy atom. The number of nitrogens with one attached hydrogen (secondary N) is 1. The number of nitrogens with zero attached hydrogens (tertiary/aromatic N) is 2. The maximum atomic E-state index is 12.6. The highest BCUT2D eigenvalue weighted by atomic mass is 32.2. The predicted molar refractivity (Wildman–Crippen MR) is 112 cm³/mol. The zero-order chi connectivity index (χ0) is 19.9. The molecule has 0 bridgehead atoms. The number of ketones is 1. The highest BCUT2D eigenvalue weighted by molar-refractivity contribution is 8.00. The summed E-state index contributed by atoms with van der Waals surface area (Å²) in [6.45, 7) is 1.45. The van der Waals surface area contributed by atoms with Gasteiger partial charge in [0.05, 0.1) is 17.5 Å². The van der Waals surface area contributed by atoms with E-state index in [1.165, 1.54) is 30.0 Å². The van der Waals surface area contributed by atoms with Crippen LogP contribution in [0.3, 0.4) is 0 Å². The van der Waals surface area contributed by atoms with Crippen molar-refractivity contribution in [2.45, 2.75) is 17.7 Å². The van der Waals surface area contributed by atoms with Crippen molar-refractivity contribution in [2.75, 3.05) is 11.1 Å². The summed E-state index contributed by atoms with van der Waals surface area (Å²) in [4.78, 5) is 29.0. The minimum atomic E-state index is -0.867. The topological polar surface area (TPSA) is 82.9 Å². The molecule has 28 heavy (non-hydrogen) atoms. The number of carbonyl (C=O) groups excluding carboxylic acids is 2. The van der Waals surface area contributed by atoms with Crippen LogP contribution in [0.2, 0.25) is 0 Å². The van der Waals surface area contributed by atoms with E-state index in [-0.39, 0.29) is 17.4 Å². The Morgan fingerprint density at radius 2 is 1.89 bits per heavy atom. The molecule has 0 spiro atoms. The first-order chi connectivity index (χ1) is 13.6. The van der Waals surface area contributed by atoms with Gasteiger partial charge in [-0.3, -0.25) is 9.59 Å². The minimum absolute atomic E-state index is 0.134. The summed E-state index contributed by atoms with van der Waals surface area (Å²) in [5.74, 6) is -0.996. The fourth-order valence-electron chi connectivity index (χ4n) is 2.50. The van der Waals surface area contributed by atoms with Crippen LogP contribution >= 0.6 is 23.1 Å². The third kappa shape index (κ3) is 5.06. The summed E-state index contributed by atoms with van der Waals surface area (Å²) < 4.78 is 0. The highest BCUT2D eigenvalue weighted by Gasteiger charge is 2.23. The van der Waals surface area contributed by atoms with Crippen LogP contribution in [0.25, 0.3) is 11.3 Å². The number of hydrogen-bond donors (Lipinski definition) is 1. The SMILES string of the molecule is CC(=O)Nc1ccc(SCC(=O)C(C#N)c2nc(-c3ccccc3)cs2)cc1. The Labute approximate surface area is 171 Å². The fraction of sp³-hybridized carbons (Fsp3) is 0.143. The lowest BCUT2D eigenvalue weighted by atomic mass is 10.1. The van der Waals surface area contributed by atoms with E-state index < -0.39 is 5.92 Å². The second kappa shape index (κ2) is 9.31. The van der Waals surface area contributed by atoms with Gasteiger partial charge >= 0.3 is 0 Å². The van der Waals surface area contributed by atoms with Crippen molar-refractivity contribution in [1.82, 2.24) is 4.98 Å². The molecule has 0 aliphatic carbocycles. The molecule has 2 aromatic carbocycles. The Hall–Kier alpha value is -2.95. The summed E-state index contributed by atoms with van der Waals surface area (Å²) in [5, 5.41) is 14.6. The molecule has 3 aromatic rings. The standard InChI is InChI=1S/C21H17N3O2S2/c1-14(25)23-16-7-9-17(10-8-16)27-13-20(26)18(11-22)21-24-19(12-28-21)15-5-3-2-4-6-15/h2-10,12,18H,13H2,1H3,(H,23,25). The monoisotopic (exact) mass is 407 g/mol. The van der Waals surface area contributed by atoms with Crippen LogP contribution in [0.4, 0.5) is 5.69 Å². The first-order valence-electron chi connectivity index (χ1n) is 8.50. The maximum Gasteiger partial charge on any atom is 0.221 e. The van der Waals surface area contributed by atoms with Gasteiger partial charge in [-0.15, -0.1) is 23.1 Å². The predicted octanol–water partition coefficient (Wildman–Crippen LogP) is 4.74. The van der Waals surface area contributed by atoms with Crippen LogP contribution in [0.5, 0.6) is 0 Å². The lowest BCUT2D eigenvalue weighted by Gasteiger charge is -2.06. The number of Topliss-reactive ketones (excluding diaryl/α,β-unsaturated/α-hetero) is 1. The fourth-order valence-corrected chi connectivity index (χ4v) is 4.20. The number of carbonyl (C=O) groups is 2. The summed E-state index contributed by atoms with van der Waals surface area (Å²) in [6, 6.07) is 19.0. The smallest absolute Gasteiger partial charge is 0.221 e. The lowest BCUT2D eigenvalue weighted by molar-refractivity contribution is -0.117. The van der Waals surface area contributed by atoms with Gasteiger partial charge in [-0.2, -0.15) is 5.26 Å². The van der Waals surface area contributed by atoms with E-state index >= 15 is 0 Å². The number of hydrogen-bond acceptors (Lipinski definition) is 6. The molecular formula is C21H17N3O2S2. The maximum absolute atomic E-state index is 12.6. The van der Waals surface area contributed by atoms with Gasteiger partial charge in [0.2, 0.25) is 5.91 Å². The second-order valence-corrected chi connectivity index (χ2v) is 7.90. The Bertz CT molecular complexity index is 1010. The molecule has 1 N–H and O–H groups in total. The van der Waals surface area contributed by atoms with Crippen molar-refractivity contribution in [2.24, 2.45) is 0 Å². The average molecular weight is 408 g/mol. The number of rotatable bonds is 7. The quantitative estimate of drug-likeness (QED) is 0.572. The van der Waals surface area contributed by atoms with Gasteiger partial charge in [-0.25, -0.2) is 4.98 Å². The first-order valence-corrected chi connectivity index (χ1v) is 10.4. The van der Waals surface area contributed by atoms with Crippen LogP contribution in [-0.2, 0) is 9.59 Å². The van der Waals surface area contributed by atoms with Crippen molar-refractivity contribution >= 4 is 40.5 Å². The molecule has 0 saturated heterocycles. The minimum Gasteiger partial charge on any atom is -0.326 e. The van der Waals surface area contributed by atoms with Crippen molar-refractivity contribution in [3.8, 4) is 17.3 Å². The molecule has 1 heterocycles. The van der Waals surface area contributed by atoms with E-state index in [2.05, 4.69) is 16.4 Å². The molecule has 0 radical (unpaired) electrons. The van der Waals surface area contributed by atoms with Crippen LogP contribution in [-0.4, -0.2) is 22.4 Å². The number of benzene rings is 2. The highest BCUT2D eigenvalue weighted by Crippen LogP contribution is 2.29. The molecule has 0 aliphatic rings. The van der Waals surface area contributed by atoms with E-state index in [1.54, 1.807) is 12.1 Å². The van der Waals surface area contributed by atoms with E-state index in [0.29, 0.717) is 10.7 Å². The van der Waals surface area contributed by atoms with Crippen LogP contribution < -0.4 is 5.32 Å². The average Bonchev–Trinajstić information content (AvgIpc) is 3.18. The Kier molecular flexibility index (Phi) is 6.58.